The van der Waals surface area contributed by atoms with E-state index < -0.39 is 0 Å². The van der Waals surface area contributed by atoms with Crippen LogP contribution in [0.3, 0.4) is 0 Å². The van der Waals surface area contributed by atoms with Gasteiger partial charge in [-0.3, -0.25) is 0 Å². The van der Waals surface area contributed by atoms with Crippen molar-refractivity contribution >= 4 is 27.1 Å². The Labute approximate surface area is 233 Å². The molecule has 0 bridgehead atoms. The Kier molecular flexibility index (Phi) is 11.1. The van der Waals surface area contributed by atoms with Crippen LogP contribution in [-0.4, -0.2) is 0 Å². The van der Waals surface area contributed by atoms with Crippen molar-refractivity contribution in [1.29, 1.82) is 0 Å². The van der Waals surface area contributed by atoms with Gasteiger partial charge in [-0.25, -0.2) is 0 Å². The monoisotopic (exact) mass is 557 g/mol. The van der Waals surface area contributed by atoms with Gasteiger partial charge in [-0.2, -0.15) is 0 Å². The predicted molar refractivity (Wildman–Crippen MR) is 134 cm³/mol. The van der Waals surface area contributed by atoms with E-state index in [4.69, 9.17) is 0 Å². The first-order valence-corrected chi connectivity index (χ1v) is 10.9. The molecule has 3 heteroatoms. The third-order valence-electron chi connectivity index (χ3n) is 5.87. The van der Waals surface area contributed by atoms with Crippen LogP contribution >= 0.6 is 0 Å². The molecule has 5 aromatic carbocycles. The summed E-state index contributed by atoms with van der Waals surface area (Å²) in [6, 6.07) is 38.6. The molecule has 1 aliphatic carbocycles. The van der Waals surface area contributed by atoms with Crippen molar-refractivity contribution in [1.82, 2.24) is 0 Å². The SMILES string of the molecule is C1=CCC(c2cccc3c2[cH-]c2ccccc23)=C1.[Cl-].[Cl-].[Zr+3].c1ccc(Cc2ccccc2)cc1. The Morgan fingerprint density at radius 2 is 1.21 bits per heavy atom. The molecule has 0 spiro atoms. The van der Waals surface area contributed by atoms with Gasteiger partial charge in [0.05, 0.1) is 0 Å². The molecule has 0 aliphatic heterocycles. The van der Waals surface area contributed by atoms with E-state index in [1.165, 1.54) is 43.8 Å². The summed E-state index contributed by atoms with van der Waals surface area (Å²) in [4.78, 5) is 0. The van der Waals surface area contributed by atoms with Crippen LogP contribution in [-0.2, 0) is 32.6 Å². The van der Waals surface area contributed by atoms with Gasteiger partial charge >= 0.3 is 26.2 Å². The van der Waals surface area contributed by atoms with E-state index in [0.29, 0.717) is 0 Å². The number of hydrogen-bond acceptors (Lipinski definition) is 0. The van der Waals surface area contributed by atoms with Crippen LogP contribution in [0.2, 0.25) is 0 Å². The third kappa shape index (κ3) is 6.42. The van der Waals surface area contributed by atoms with Crippen LogP contribution in [0, 0.1) is 0 Å². The summed E-state index contributed by atoms with van der Waals surface area (Å²) >= 11 is 0. The number of hydrogen-bond donors (Lipinski definition) is 0. The Morgan fingerprint density at radius 3 is 1.82 bits per heavy atom. The van der Waals surface area contributed by atoms with Crippen LogP contribution in [0.4, 0.5) is 0 Å². The molecule has 0 nitrogen and oxygen atoms in total. The van der Waals surface area contributed by atoms with Gasteiger partial charge in [-0.1, -0.05) is 126 Å². The van der Waals surface area contributed by atoms with Crippen molar-refractivity contribution in [3.05, 3.63) is 144 Å². The maximum Gasteiger partial charge on any atom is 3.00 e. The third-order valence-corrected chi connectivity index (χ3v) is 5.87. The number of rotatable bonds is 3. The summed E-state index contributed by atoms with van der Waals surface area (Å²) in [5.41, 5.74) is 5.55. The topological polar surface area (TPSA) is 0 Å². The van der Waals surface area contributed by atoms with Gasteiger partial charge in [-0.15, -0.1) is 33.7 Å². The predicted octanol–water partition coefficient (Wildman–Crippen LogP) is 2.34. The molecule has 0 heterocycles. The molecular weight excluding hydrogens is 534 g/mol. The van der Waals surface area contributed by atoms with E-state index in [2.05, 4.69) is 127 Å². The van der Waals surface area contributed by atoms with Crippen molar-refractivity contribution in [2.24, 2.45) is 0 Å². The zero-order valence-electron chi connectivity index (χ0n) is 18.8. The van der Waals surface area contributed by atoms with Gasteiger partial charge in [-0.05, 0) is 24.0 Å². The molecule has 0 amide bonds. The molecule has 1 radical (unpaired) electrons. The molecule has 0 unspecified atom stereocenters. The molecule has 0 fully saturated rings. The Hall–Kier alpha value is -2.31. The molecule has 6 rings (SSSR count). The van der Waals surface area contributed by atoms with Gasteiger partial charge in [0, 0.05) is 0 Å². The fourth-order valence-electron chi connectivity index (χ4n) is 4.33. The van der Waals surface area contributed by atoms with Crippen LogP contribution in [0.25, 0.3) is 27.1 Å². The second-order valence-corrected chi connectivity index (χ2v) is 7.97. The van der Waals surface area contributed by atoms with Crippen LogP contribution in [0.1, 0.15) is 23.1 Å². The first-order chi connectivity index (χ1) is 15.4. The average Bonchev–Trinajstić information content (AvgIpc) is 3.49. The minimum Gasteiger partial charge on any atom is -1.00 e. The quantitative estimate of drug-likeness (QED) is 0.298. The Bertz CT molecular complexity index is 1330. The van der Waals surface area contributed by atoms with Crippen molar-refractivity contribution in [2.45, 2.75) is 12.8 Å². The van der Waals surface area contributed by atoms with Crippen LogP contribution < -0.4 is 24.8 Å². The Morgan fingerprint density at radius 1 is 0.618 bits per heavy atom. The largest absolute Gasteiger partial charge is 3.00 e. The molecule has 0 atom stereocenters. The van der Waals surface area contributed by atoms with E-state index in [9.17, 15) is 0 Å². The normalized spacial score (nSPS) is 11.5. The van der Waals surface area contributed by atoms with Crippen molar-refractivity contribution < 1.29 is 51.0 Å². The fraction of sp³-hybridized carbons (Fsp3) is 0.0645. The van der Waals surface area contributed by atoms with Gasteiger partial charge in [0.25, 0.3) is 0 Å². The molecular formula is C31H25Cl2Zr. The van der Waals surface area contributed by atoms with Crippen molar-refractivity contribution in [3.63, 3.8) is 0 Å². The average molecular weight is 560 g/mol. The van der Waals surface area contributed by atoms with Crippen LogP contribution in [0.5, 0.6) is 0 Å². The maximum absolute atomic E-state index is 2.32. The summed E-state index contributed by atoms with van der Waals surface area (Å²) in [6.45, 7) is 0. The summed E-state index contributed by atoms with van der Waals surface area (Å²) in [7, 11) is 0. The van der Waals surface area contributed by atoms with E-state index in [-0.39, 0.29) is 51.0 Å². The van der Waals surface area contributed by atoms with Crippen molar-refractivity contribution in [3.8, 4) is 0 Å². The minimum atomic E-state index is 0. The molecule has 5 aromatic rings. The first-order valence-electron chi connectivity index (χ1n) is 10.9. The summed E-state index contributed by atoms with van der Waals surface area (Å²) in [6.07, 6.45) is 8.68. The minimum absolute atomic E-state index is 0. The first kappa shape index (κ1) is 27.9. The molecule has 34 heavy (non-hydrogen) atoms. The zero-order chi connectivity index (χ0) is 20.9. The summed E-state index contributed by atoms with van der Waals surface area (Å²) in [5.74, 6) is 0. The number of halogens is 2. The van der Waals surface area contributed by atoms with Crippen LogP contribution in [0.15, 0.2) is 127 Å². The molecule has 1 aliphatic rings. The van der Waals surface area contributed by atoms with Crippen molar-refractivity contribution in [2.75, 3.05) is 0 Å². The smallest absolute Gasteiger partial charge is 1.00 e. The molecule has 0 saturated carbocycles. The van der Waals surface area contributed by atoms with Gasteiger partial charge in [0.2, 0.25) is 0 Å². The second kappa shape index (κ2) is 13.5. The Balaban J connectivity index is 0.000000231. The standard InChI is InChI=1S/C18H13.C13H12.2ClH.Zr/c1-2-7-13(6-1)15-10-5-11-17-16-9-4-3-8-14(16)12-18(15)17;1-3-7-12(8-4-1)11-13-9-5-2-6-10-13;;;/h1-6,8-12H,7H2;1-10H,11H2;2*1H;/q-1;;;;+3/p-2. The molecule has 0 aromatic heterocycles. The van der Waals surface area contributed by atoms with E-state index >= 15 is 0 Å². The molecule has 167 valence electrons. The van der Waals surface area contributed by atoms with Gasteiger partial charge in [0.1, 0.15) is 0 Å². The summed E-state index contributed by atoms with van der Waals surface area (Å²) in [5, 5.41) is 5.46. The van der Waals surface area contributed by atoms with E-state index in [0.717, 1.165) is 12.8 Å². The molecule has 0 saturated heterocycles. The fourth-order valence-corrected chi connectivity index (χ4v) is 4.33. The van der Waals surface area contributed by atoms with Gasteiger partial charge < -0.3 is 24.8 Å². The molecule has 0 N–H and O–H groups in total. The number of benzene rings is 4. The summed E-state index contributed by atoms with van der Waals surface area (Å²) < 4.78 is 0. The second-order valence-electron chi connectivity index (χ2n) is 7.97. The number of fused-ring (bicyclic) bond motifs is 3. The van der Waals surface area contributed by atoms with E-state index in [1.807, 2.05) is 0 Å². The van der Waals surface area contributed by atoms with E-state index in [1.54, 1.807) is 0 Å². The van der Waals surface area contributed by atoms with Gasteiger partial charge in [0.15, 0.2) is 0 Å². The zero-order valence-corrected chi connectivity index (χ0v) is 22.8. The maximum atomic E-state index is 2.32. The number of allylic oxidation sites excluding steroid dienone is 4.